The highest BCUT2D eigenvalue weighted by molar-refractivity contribution is 5.89. The molecule has 202 valence electrons. The highest BCUT2D eigenvalue weighted by atomic mass is 16.7. The number of carbonyl (C=O) groups excluding carboxylic acids is 1. The molecule has 1 unspecified atom stereocenters. The van der Waals surface area contributed by atoms with Crippen LogP contribution in [-0.2, 0) is 19.4 Å². The lowest BCUT2D eigenvalue weighted by Crippen LogP contribution is -2.19. The van der Waals surface area contributed by atoms with Crippen LogP contribution in [0.1, 0.15) is 56.9 Å². The van der Waals surface area contributed by atoms with Gasteiger partial charge in [0.2, 0.25) is 11.8 Å². The van der Waals surface area contributed by atoms with Crippen molar-refractivity contribution >= 4 is 5.97 Å². The molecular formula is C32H34N2O5. The number of rotatable bonds is 9. The minimum atomic E-state index is -0.698. The first kappa shape index (κ1) is 26.4. The average molecular weight is 527 g/mol. The van der Waals surface area contributed by atoms with Crippen LogP contribution in [0, 0.1) is 0 Å². The molecule has 0 saturated heterocycles. The number of carbonyl (C=O) groups is 1. The number of aryl methyl sites for hydroxylation is 2. The summed E-state index contributed by atoms with van der Waals surface area (Å²) in [6, 6.07) is 24.6. The summed E-state index contributed by atoms with van der Waals surface area (Å²) in [7, 11) is 4.25. The fourth-order valence-corrected chi connectivity index (χ4v) is 5.22. The van der Waals surface area contributed by atoms with Crippen LogP contribution in [-0.4, -0.2) is 46.5 Å². The van der Waals surface area contributed by atoms with E-state index >= 15 is 0 Å². The minimum Gasteiger partial charge on any atom is -0.492 e. The summed E-state index contributed by atoms with van der Waals surface area (Å²) < 4.78 is 6.82. The Labute approximate surface area is 228 Å². The molecule has 1 aliphatic rings. The van der Waals surface area contributed by atoms with Gasteiger partial charge in [0.25, 0.3) is 0 Å². The summed E-state index contributed by atoms with van der Waals surface area (Å²) in [6.07, 6.45) is 4.26. The van der Waals surface area contributed by atoms with Gasteiger partial charge in [0.05, 0.1) is 5.56 Å². The maximum atomic E-state index is 12.4. The van der Waals surface area contributed by atoms with E-state index in [0.717, 1.165) is 43.5 Å². The number of hydrogen-bond donors (Lipinski definition) is 2. The Hall–Kier alpha value is -4.23. The second-order valence-corrected chi connectivity index (χ2v) is 10.3. The quantitative estimate of drug-likeness (QED) is 0.307. The lowest BCUT2D eigenvalue weighted by molar-refractivity contribution is 0.0381. The van der Waals surface area contributed by atoms with E-state index in [2.05, 4.69) is 61.5 Å². The molecule has 3 aromatic carbocycles. The summed E-state index contributed by atoms with van der Waals surface area (Å²) >= 11 is 0. The van der Waals surface area contributed by atoms with E-state index in [1.165, 1.54) is 34.4 Å². The van der Waals surface area contributed by atoms with Crippen LogP contribution in [0.5, 0.6) is 17.5 Å². The van der Waals surface area contributed by atoms with Crippen LogP contribution in [0.2, 0.25) is 0 Å². The van der Waals surface area contributed by atoms with Crippen LogP contribution in [0.4, 0.5) is 0 Å². The normalized spacial score (nSPS) is 14.4. The second-order valence-electron chi connectivity index (χ2n) is 10.3. The summed E-state index contributed by atoms with van der Waals surface area (Å²) in [6.45, 7) is 1.43. The average Bonchev–Trinajstić information content (AvgIpc) is 3.16. The number of nitrogens with zero attached hydrogens (tertiary/aromatic N) is 2. The van der Waals surface area contributed by atoms with Gasteiger partial charge in [-0.25, -0.2) is 4.79 Å². The maximum Gasteiger partial charge on any atom is 0.363 e. The van der Waals surface area contributed by atoms with Gasteiger partial charge in [-0.2, -0.15) is 0 Å². The van der Waals surface area contributed by atoms with E-state index < -0.39 is 5.97 Å². The molecule has 7 nitrogen and oxygen atoms in total. The number of hydrogen-bond acceptors (Lipinski definition) is 6. The fourth-order valence-electron chi connectivity index (χ4n) is 5.22. The van der Waals surface area contributed by atoms with E-state index in [-0.39, 0.29) is 17.3 Å². The van der Waals surface area contributed by atoms with Crippen molar-refractivity contribution in [2.24, 2.45) is 0 Å². The molecule has 0 amide bonds. The number of aromatic nitrogens is 1. The molecule has 0 fully saturated rings. The molecule has 0 aliphatic heterocycles. The minimum absolute atomic E-state index is 0.288. The molecule has 0 radical (unpaired) electrons. The van der Waals surface area contributed by atoms with Crippen LogP contribution in [0.25, 0.3) is 0 Å². The third-order valence-corrected chi connectivity index (χ3v) is 7.25. The van der Waals surface area contributed by atoms with Crippen molar-refractivity contribution < 1.29 is 24.6 Å². The molecule has 7 heteroatoms. The number of ether oxygens (including phenoxy) is 1. The van der Waals surface area contributed by atoms with Gasteiger partial charge in [-0.3, -0.25) is 0 Å². The van der Waals surface area contributed by atoms with Crippen LogP contribution in [0.15, 0.2) is 78.9 Å². The summed E-state index contributed by atoms with van der Waals surface area (Å²) in [5.74, 6) is -0.217. The molecule has 0 spiro atoms. The molecule has 5 rings (SSSR count). The van der Waals surface area contributed by atoms with Crippen molar-refractivity contribution in [3.8, 4) is 17.5 Å². The van der Waals surface area contributed by atoms with Crippen molar-refractivity contribution in [1.82, 2.24) is 9.63 Å². The van der Waals surface area contributed by atoms with Crippen LogP contribution < -0.4 is 9.57 Å². The smallest absolute Gasteiger partial charge is 0.363 e. The first-order valence-electron chi connectivity index (χ1n) is 13.3. The molecular weight excluding hydrogens is 492 g/mol. The van der Waals surface area contributed by atoms with Gasteiger partial charge >= 0.3 is 5.97 Å². The van der Waals surface area contributed by atoms with E-state index in [9.17, 15) is 15.0 Å². The van der Waals surface area contributed by atoms with Gasteiger partial charge in [0.1, 0.15) is 12.4 Å². The van der Waals surface area contributed by atoms with Gasteiger partial charge < -0.3 is 24.7 Å². The predicted octanol–water partition coefficient (Wildman–Crippen LogP) is 5.32. The second kappa shape index (κ2) is 11.7. The number of fused-ring (bicyclic) bond motifs is 2. The molecule has 1 aromatic heterocycles. The summed E-state index contributed by atoms with van der Waals surface area (Å²) in [5, 5.41) is 19.3. The first-order valence-corrected chi connectivity index (χ1v) is 13.3. The molecule has 0 saturated carbocycles. The molecule has 2 N–H and O–H groups in total. The summed E-state index contributed by atoms with van der Waals surface area (Å²) in [4.78, 5) is 19.7. The van der Waals surface area contributed by atoms with E-state index in [4.69, 9.17) is 9.57 Å². The zero-order valence-electron chi connectivity index (χ0n) is 22.3. The maximum absolute atomic E-state index is 12.4. The molecule has 0 bridgehead atoms. The fraction of sp³-hybridized carbons (Fsp3) is 0.281. The molecule has 39 heavy (non-hydrogen) atoms. The van der Waals surface area contributed by atoms with Crippen molar-refractivity contribution in [3.63, 3.8) is 0 Å². The van der Waals surface area contributed by atoms with Crippen LogP contribution in [0.3, 0.4) is 0 Å². The van der Waals surface area contributed by atoms with Gasteiger partial charge in [-0.05, 0) is 98.4 Å². The monoisotopic (exact) mass is 526 g/mol. The standard InChI is InChI=1S/C32H34N2O5/c1-33(2)19-5-8-29-27-7-4-3-6-23(27)13-14-25-20-26(15-16-28(25)29)38-21-22-9-11-24(12-10-22)32(37)39-34-30(35)17-18-31(34)36/h3-4,6-7,9-12,15-18,20,29,35-36H,5,8,13-14,19,21H2,1-2H3. The zero-order valence-corrected chi connectivity index (χ0v) is 22.3. The molecule has 1 atom stereocenters. The van der Waals surface area contributed by atoms with Gasteiger partial charge in [-0.1, -0.05) is 42.5 Å². The Morgan fingerprint density at radius 3 is 2.33 bits per heavy atom. The summed E-state index contributed by atoms with van der Waals surface area (Å²) in [5.41, 5.74) is 6.82. The largest absolute Gasteiger partial charge is 0.492 e. The Balaban J connectivity index is 1.26. The van der Waals surface area contributed by atoms with Gasteiger partial charge in [0, 0.05) is 18.1 Å². The van der Waals surface area contributed by atoms with E-state index in [1.54, 1.807) is 24.3 Å². The van der Waals surface area contributed by atoms with E-state index in [0.29, 0.717) is 17.3 Å². The third kappa shape index (κ3) is 6.10. The van der Waals surface area contributed by atoms with Gasteiger partial charge in [-0.15, -0.1) is 4.73 Å². The topological polar surface area (TPSA) is 84.2 Å². The Bertz CT molecular complexity index is 1420. The Morgan fingerprint density at radius 2 is 1.59 bits per heavy atom. The lowest BCUT2D eigenvalue weighted by Gasteiger charge is -2.22. The van der Waals surface area contributed by atoms with Crippen molar-refractivity contribution in [3.05, 3.63) is 112 Å². The lowest BCUT2D eigenvalue weighted by atomic mass is 9.84. The highest BCUT2D eigenvalue weighted by Crippen LogP contribution is 2.38. The van der Waals surface area contributed by atoms with Crippen molar-refractivity contribution in [2.45, 2.75) is 38.2 Å². The molecule has 1 aliphatic carbocycles. The van der Waals surface area contributed by atoms with Crippen molar-refractivity contribution in [1.29, 1.82) is 0 Å². The SMILES string of the molecule is CN(C)CCCC1c2ccccc2CCc2cc(OCc3ccc(C(=O)On4c(O)ccc4O)cc3)ccc21. The Morgan fingerprint density at radius 1 is 0.897 bits per heavy atom. The third-order valence-electron chi connectivity index (χ3n) is 7.25. The van der Waals surface area contributed by atoms with Gasteiger partial charge in [0.15, 0.2) is 0 Å². The van der Waals surface area contributed by atoms with Crippen LogP contribution >= 0.6 is 0 Å². The van der Waals surface area contributed by atoms with E-state index in [1.807, 2.05) is 0 Å². The predicted molar refractivity (Wildman–Crippen MR) is 149 cm³/mol. The number of benzene rings is 3. The number of aromatic hydroxyl groups is 2. The van der Waals surface area contributed by atoms with Crippen molar-refractivity contribution in [2.75, 3.05) is 20.6 Å². The highest BCUT2D eigenvalue weighted by Gasteiger charge is 2.24. The molecule has 1 heterocycles. The zero-order chi connectivity index (χ0) is 27.4. The first-order chi connectivity index (χ1) is 18.9. The molecule has 4 aromatic rings. The Kier molecular flexibility index (Phi) is 7.89.